The van der Waals surface area contributed by atoms with Crippen LogP contribution in [-0.4, -0.2) is 58.9 Å². The minimum absolute atomic E-state index is 0.0548. The zero-order chi connectivity index (χ0) is 24.4. The number of carbonyl (C=O) groups excluding carboxylic acids is 2. The maximum Gasteiger partial charge on any atom is 0.264 e. The Bertz CT molecular complexity index is 1150. The highest BCUT2D eigenvalue weighted by Gasteiger charge is 2.28. The van der Waals surface area contributed by atoms with Crippen molar-refractivity contribution in [3.8, 4) is 6.07 Å². The molecule has 2 fully saturated rings. The van der Waals surface area contributed by atoms with Crippen molar-refractivity contribution in [1.29, 1.82) is 5.26 Å². The van der Waals surface area contributed by atoms with Crippen molar-refractivity contribution in [3.05, 3.63) is 57.9 Å². The van der Waals surface area contributed by atoms with E-state index < -0.39 is 0 Å². The summed E-state index contributed by atoms with van der Waals surface area (Å²) in [6, 6.07) is 10.7. The molecule has 1 aliphatic heterocycles. The van der Waals surface area contributed by atoms with E-state index in [-0.39, 0.29) is 23.9 Å². The Labute approximate surface area is 201 Å². The van der Waals surface area contributed by atoms with Crippen molar-refractivity contribution < 1.29 is 9.59 Å². The number of anilines is 1. The van der Waals surface area contributed by atoms with Crippen LogP contribution in [0.2, 0.25) is 0 Å². The summed E-state index contributed by atoms with van der Waals surface area (Å²) < 4.78 is 2.31. The number of para-hydroxylation sites is 1. The van der Waals surface area contributed by atoms with Gasteiger partial charge in [-0.1, -0.05) is 18.2 Å². The van der Waals surface area contributed by atoms with Crippen molar-refractivity contribution in [2.45, 2.75) is 46.6 Å². The van der Waals surface area contributed by atoms with E-state index in [1.807, 2.05) is 36.9 Å². The highest BCUT2D eigenvalue weighted by molar-refractivity contribution is 6.02. The Kier molecular flexibility index (Phi) is 6.90. The van der Waals surface area contributed by atoms with E-state index >= 15 is 0 Å². The van der Waals surface area contributed by atoms with Crippen LogP contribution < -0.4 is 5.32 Å². The van der Waals surface area contributed by atoms with Crippen LogP contribution in [0.4, 0.5) is 5.69 Å². The molecule has 0 unspecified atom stereocenters. The van der Waals surface area contributed by atoms with E-state index in [1.54, 1.807) is 11.0 Å². The molecule has 7 heteroatoms. The SMILES string of the molecule is Cc1cccc(C)c1NC(=O)CN1CCN(C(=O)/C(C#N)=C\c2cc(C)n(C3CC3)c2C)CC1. The van der Waals surface area contributed by atoms with Crippen LogP contribution in [0, 0.1) is 39.0 Å². The Morgan fingerprint density at radius 2 is 1.74 bits per heavy atom. The smallest absolute Gasteiger partial charge is 0.264 e. The van der Waals surface area contributed by atoms with Crippen molar-refractivity contribution in [1.82, 2.24) is 14.4 Å². The fourth-order valence-corrected chi connectivity index (χ4v) is 4.81. The lowest BCUT2D eigenvalue weighted by Crippen LogP contribution is -2.50. The standard InChI is InChI=1S/C27H33N5O2/c1-18-6-5-7-19(2)26(18)29-25(33)17-30-10-12-31(13-11-30)27(34)23(16-28)15-22-14-20(3)32(21(22)4)24-8-9-24/h5-7,14-15,24H,8-13,17H2,1-4H3,(H,29,33)/b23-15-. The lowest BCUT2D eigenvalue weighted by Gasteiger charge is -2.34. The third-order valence-electron chi connectivity index (χ3n) is 6.86. The summed E-state index contributed by atoms with van der Waals surface area (Å²) in [5.74, 6) is -0.292. The van der Waals surface area contributed by atoms with Gasteiger partial charge >= 0.3 is 0 Å². The summed E-state index contributed by atoms with van der Waals surface area (Å²) in [4.78, 5) is 29.4. The number of amides is 2. The Morgan fingerprint density at radius 1 is 1.09 bits per heavy atom. The van der Waals surface area contributed by atoms with E-state index in [0.29, 0.717) is 32.2 Å². The number of benzene rings is 1. The molecule has 1 aliphatic carbocycles. The first-order valence-corrected chi connectivity index (χ1v) is 12.0. The van der Waals surface area contributed by atoms with E-state index in [0.717, 1.165) is 28.1 Å². The second kappa shape index (κ2) is 9.86. The summed E-state index contributed by atoms with van der Waals surface area (Å²) >= 11 is 0. The Hall–Kier alpha value is -3.37. The third-order valence-corrected chi connectivity index (χ3v) is 6.86. The Morgan fingerprint density at radius 3 is 2.32 bits per heavy atom. The fourth-order valence-electron chi connectivity index (χ4n) is 4.81. The third kappa shape index (κ3) is 5.07. The monoisotopic (exact) mass is 459 g/mol. The predicted molar refractivity (Wildman–Crippen MR) is 133 cm³/mol. The van der Waals surface area contributed by atoms with Crippen LogP contribution in [0.25, 0.3) is 6.08 Å². The first-order chi connectivity index (χ1) is 16.3. The number of nitrogens with one attached hydrogen (secondary N) is 1. The molecule has 34 heavy (non-hydrogen) atoms. The molecule has 7 nitrogen and oxygen atoms in total. The number of aryl methyl sites for hydroxylation is 3. The maximum absolute atomic E-state index is 13.1. The molecule has 4 rings (SSSR count). The number of hydrogen-bond donors (Lipinski definition) is 1. The molecule has 0 radical (unpaired) electrons. The number of carbonyl (C=O) groups is 2. The highest BCUT2D eigenvalue weighted by Crippen LogP contribution is 2.38. The van der Waals surface area contributed by atoms with Gasteiger partial charge in [-0.05, 0) is 69.4 Å². The topological polar surface area (TPSA) is 81.4 Å². The number of piperazine rings is 1. The summed E-state index contributed by atoms with van der Waals surface area (Å²) in [5.41, 5.74) is 6.33. The van der Waals surface area contributed by atoms with E-state index in [2.05, 4.69) is 35.9 Å². The summed E-state index contributed by atoms with van der Waals surface area (Å²) in [6.07, 6.45) is 4.11. The van der Waals surface area contributed by atoms with Gasteiger partial charge in [0.25, 0.3) is 5.91 Å². The van der Waals surface area contributed by atoms with Crippen molar-refractivity contribution in [2.24, 2.45) is 0 Å². The highest BCUT2D eigenvalue weighted by atomic mass is 16.2. The van der Waals surface area contributed by atoms with Gasteiger partial charge in [-0.3, -0.25) is 14.5 Å². The minimum Gasteiger partial charge on any atom is -0.346 e. The number of nitriles is 1. The molecule has 1 aromatic heterocycles. The van der Waals surface area contributed by atoms with E-state index in [4.69, 9.17) is 0 Å². The normalized spacial score (nSPS) is 16.9. The molecular formula is C27H33N5O2. The Balaban J connectivity index is 1.35. The average Bonchev–Trinajstić information content (AvgIpc) is 3.60. The van der Waals surface area contributed by atoms with Gasteiger partial charge < -0.3 is 14.8 Å². The number of rotatable bonds is 6. The van der Waals surface area contributed by atoms with Crippen molar-refractivity contribution >= 4 is 23.6 Å². The van der Waals surface area contributed by atoms with Gasteiger partial charge in [0.2, 0.25) is 5.91 Å². The molecule has 0 atom stereocenters. The first-order valence-electron chi connectivity index (χ1n) is 12.0. The predicted octanol–water partition coefficient (Wildman–Crippen LogP) is 3.75. The molecule has 2 aliphatic rings. The van der Waals surface area contributed by atoms with E-state index in [1.165, 1.54) is 18.5 Å². The lowest BCUT2D eigenvalue weighted by molar-refractivity contribution is -0.128. The second-order valence-corrected chi connectivity index (χ2v) is 9.48. The maximum atomic E-state index is 13.1. The fraction of sp³-hybridized carbons (Fsp3) is 0.444. The van der Waals surface area contributed by atoms with Gasteiger partial charge in [0.1, 0.15) is 11.6 Å². The minimum atomic E-state index is -0.238. The van der Waals surface area contributed by atoms with Gasteiger partial charge in [-0.2, -0.15) is 5.26 Å². The molecule has 0 bridgehead atoms. The van der Waals surface area contributed by atoms with Crippen molar-refractivity contribution in [3.63, 3.8) is 0 Å². The molecular weight excluding hydrogens is 426 g/mol. The first kappa shape index (κ1) is 23.8. The number of hydrogen-bond acceptors (Lipinski definition) is 4. The lowest BCUT2D eigenvalue weighted by atomic mass is 10.1. The largest absolute Gasteiger partial charge is 0.346 e. The van der Waals surface area contributed by atoms with Crippen LogP contribution in [0.1, 0.15) is 47.0 Å². The van der Waals surface area contributed by atoms with Crippen LogP contribution in [0.15, 0.2) is 29.8 Å². The van der Waals surface area contributed by atoms with Crippen LogP contribution in [0.3, 0.4) is 0 Å². The molecule has 1 aromatic carbocycles. The van der Waals surface area contributed by atoms with Crippen LogP contribution >= 0.6 is 0 Å². The van der Waals surface area contributed by atoms with Gasteiger partial charge in [-0.25, -0.2) is 0 Å². The van der Waals surface area contributed by atoms with Gasteiger partial charge in [-0.15, -0.1) is 0 Å². The molecule has 0 spiro atoms. The quantitative estimate of drug-likeness (QED) is 0.527. The van der Waals surface area contributed by atoms with Crippen LogP contribution in [-0.2, 0) is 9.59 Å². The number of aromatic nitrogens is 1. The molecule has 178 valence electrons. The van der Waals surface area contributed by atoms with Gasteiger partial charge in [0, 0.05) is 49.3 Å². The number of nitrogens with zero attached hydrogens (tertiary/aromatic N) is 4. The summed E-state index contributed by atoms with van der Waals surface area (Å²) in [7, 11) is 0. The summed E-state index contributed by atoms with van der Waals surface area (Å²) in [5, 5.41) is 12.7. The van der Waals surface area contributed by atoms with Crippen molar-refractivity contribution in [2.75, 3.05) is 38.0 Å². The average molecular weight is 460 g/mol. The molecule has 2 amide bonds. The molecule has 1 N–H and O–H groups in total. The molecule has 1 saturated heterocycles. The molecule has 1 saturated carbocycles. The zero-order valence-corrected chi connectivity index (χ0v) is 20.5. The van der Waals surface area contributed by atoms with Gasteiger partial charge in [0.15, 0.2) is 0 Å². The summed E-state index contributed by atoms with van der Waals surface area (Å²) in [6.45, 7) is 10.6. The zero-order valence-electron chi connectivity index (χ0n) is 20.5. The molecule has 2 aromatic rings. The van der Waals surface area contributed by atoms with Gasteiger partial charge in [0.05, 0.1) is 6.54 Å². The van der Waals surface area contributed by atoms with E-state index in [9.17, 15) is 14.9 Å². The van der Waals surface area contributed by atoms with Crippen LogP contribution in [0.5, 0.6) is 0 Å². The second-order valence-electron chi connectivity index (χ2n) is 9.48. The molecule has 2 heterocycles.